The maximum atomic E-state index is 12.5. The Morgan fingerprint density at radius 2 is 2.07 bits per heavy atom. The van der Waals surface area contributed by atoms with E-state index in [0.717, 1.165) is 5.56 Å². The van der Waals surface area contributed by atoms with Gasteiger partial charge >= 0.3 is 0 Å². The third-order valence-electron chi connectivity index (χ3n) is 2.17. The summed E-state index contributed by atoms with van der Waals surface area (Å²) in [4.78, 5) is 2.57. The van der Waals surface area contributed by atoms with Crippen molar-refractivity contribution in [2.24, 2.45) is 10.8 Å². The van der Waals surface area contributed by atoms with E-state index >= 15 is 0 Å². The largest absolute Gasteiger partial charge is 0.327 e. The zero-order valence-corrected chi connectivity index (χ0v) is 8.25. The highest BCUT2D eigenvalue weighted by Gasteiger charge is 2.16. The smallest absolute Gasteiger partial charge is 0.0994 e. The van der Waals surface area contributed by atoms with E-state index in [1.165, 1.54) is 0 Å². The minimum atomic E-state index is -0.782. The molecule has 5 heteroatoms. The Kier molecular flexibility index (Phi) is 4.60. The van der Waals surface area contributed by atoms with E-state index < -0.39 is 18.8 Å². The first-order chi connectivity index (χ1) is 7.27. The van der Waals surface area contributed by atoms with Gasteiger partial charge < -0.3 is 5.73 Å². The lowest BCUT2D eigenvalue weighted by atomic mass is 10.0. The van der Waals surface area contributed by atoms with Crippen LogP contribution >= 0.6 is 0 Å². The van der Waals surface area contributed by atoms with E-state index in [1.54, 1.807) is 0 Å². The van der Waals surface area contributed by atoms with Gasteiger partial charge in [-0.25, -0.2) is 0 Å². The predicted molar refractivity (Wildman–Crippen MR) is 57.0 cm³/mol. The lowest BCUT2D eigenvalue weighted by Gasteiger charge is -2.16. The molecule has 0 spiro atoms. The topological polar surface area (TPSA) is 74.8 Å². The SMILES string of the molecule is [N-]=[N+]=N[C@@H](CF)[C@@H](N)Cc1ccccc1. The Hall–Kier alpha value is -1.58. The summed E-state index contributed by atoms with van der Waals surface area (Å²) in [5, 5.41) is 3.32. The predicted octanol–water partition coefficient (Wildman–Crippen LogP) is 2.20. The molecule has 0 fully saturated rings. The Bertz CT molecular complexity index is 335. The average molecular weight is 208 g/mol. The molecule has 0 aliphatic rings. The fraction of sp³-hybridized carbons (Fsp3) is 0.400. The van der Waals surface area contributed by atoms with Crippen molar-refractivity contribution in [3.05, 3.63) is 46.3 Å². The van der Waals surface area contributed by atoms with Gasteiger partial charge in [-0.05, 0) is 17.5 Å². The van der Waals surface area contributed by atoms with E-state index in [9.17, 15) is 4.39 Å². The summed E-state index contributed by atoms with van der Waals surface area (Å²) in [6.45, 7) is -0.724. The van der Waals surface area contributed by atoms with Gasteiger partial charge in [-0.1, -0.05) is 35.4 Å². The highest BCUT2D eigenvalue weighted by atomic mass is 19.1. The van der Waals surface area contributed by atoms with E-state index in [1.807, 2.05) is 30.3 Å². The molecule has 1 aromatic rings. The fourth-order valence-corrected chi connectivity index (χ4v) is 1.32. The van der Waals surface area contributed by atoms with Crippen LogP contribution in [-0.2, 0) is 6.42 Å². The van der Waals surface area contributed by atoms with Crippen LogP contribution in [0.4, 0.5) is 4.39 Å². The minimum Gasteiger partial charge on any atom is -0.327 e. The Balaban J connectivity index is 2.61. The van der Waals surface area contributed by atoms with E-state index in [2.05, 4.69) is 10.0 Å². The van der Waals surface area contributed by atoms with Crippen LogP contribution < -0.4 is 5.73 Å². The molecule has 0 saturated heterocycles. The molecule has 1 aromatic carbocycles. The van der Waals surface area contributed by atoms with E-state index in [-0.39, 0.29) is 0 Å². The zero-order valence-electron chi connectivity index (χ0n) is 8.25. The van der Waals surface area contributed by atoms with Gasteiger partial charge in [0.05, 0.1) is 12.7 Å². The molecule has 0 unspecified atom stereocenters. The number of nitrogens with zero attached hydrogens (tertiary/aromatic N) is 3. The van der Waals surface area contributed by atoms with Gasteiger partial charge in [0.25, 0.3) is 0 Å². The molecule has 80 valence electrons. The van der Waals surface area contributed by atoms with Crippen LogP contribution in [0.25, 0.3) is 10.4 Å². The minimum absolute atomic E-state index is 0.478. The molecular formula is C10H13FN4. The number of nitrogens with two attached hydrogens (primary N) is 1. The molecule has 2 atom stereocenters. The van der Waals surface area contributed by atoms with Crippen LogP contribution in [0.5, 0.6) is 0 Å². The molecule has 0 saturated carbocycles. The first kappa shape index (κ1) is 11.5. The third kappa shape index (κ3) is 3.58. The molecule has 0 radical (unpaired) electrons. The molecule has 0 amide bonds. The van der Waals surface area contributed by atoms with Crippen LogP contribution in [0.15, 0.2) is 35.4 Å². The quantitative estimate of drug-likeness (QED) is 0.449. The van der Waals surface area contributed by atoms with Gasteiger partial charge in [0.15, 0.2) is 0 Å². The number of rotatable bonds is 5. The molecule has 0 aliphatic carbocycles. The van der Waals surface area contributed by atoms with Crippen molar-refractivity contribution < 1.29 is 4.39 Å². The van der Waals surface area contributed by atoms with Gasteiger partial charge in [-0.3, -0.25) is 4.39 Å². The molecule has 0 bridgehead atoms. The second kappa shape index (κ2) is 6.01. The molecule has 0 heterocycles. The van der Waals surface area contributed by atoms with Gasteiger partial charge in [0.2, 0.25) is 0 Å². The molecule has 0 aromatic heterocycles. The maximum absolute atomic E-state index is 12.5. The zero-order chi connectivity index (χ0) is 11.1. The van der Waals surface area contributed by atoms with Crippen molar-refractivity contribution in [3.8, 4) is 0 Å². The van der Waals surface area contributed by atoms with E-state index in [4.69, 9.17) is 11.3 Å². The first-order valence-electron chi connectivity index (χ1n) is 4.67. The van der Waals surface area contributed by atoms with Crippen LogP contribution in [0.3, 0.4) is 0 Å². The average Bonchev–Trinajstić information content (AvgIpc) is 2.27. The Morgan fingerprint density at radius 1 is 1.40 bits per heavy atom. The van der Waals surface area contributed by atoms with E-state index in [0.29, 0.717) is 6.42 Å². The monoisotopic (exact) mass is 208 g/mol. The van der Waals surface area contributed by atoms with Gasteiger partial charge in [-0.2, -0.15) is 0 Å². The third-order valence-corrected chi connectivity index (χ3v) is 2.17. The van der Waals surface area contributed by atoms with Crippen LogP contribution in [0.2, 0.25) is 0 Å². The summed E-state index contributed by atoms with van der Waals surface area (Å²) in [5.41, 5.74) is 15.0. The maximum Gasteiger partial charge on any atom is 0.0994 e. The summed E-state index contributed by atoms with van der Waals surface area (Å²) in [6.07, 6.45) is 0.508. The van der Waals surface area contributed by atoms with Crippen molar-refractivity contribution in [1.29, 1.82) is 0 Å². The standard InChI is InChI=1S/C10H13FN4/c11-7-10(14-15-13)9(12)6-8-4-2-1-3-5-8/h1-5,9-10H,6-7,12H2/t9-,10-/m0/s1. The van der Waals surface area contributed by atoms with Gasteiger partial charge in [0.1, 0.15) is 0 Å². The molecule has 2 N–H and O–H groups in total. The van der Waals surface area contributed by atoms with Gasteiger partial charge in [0, 0.05) is 11.0 Å². The van der Waals surface area contributed by atoms with Crippen molar-refractivity contribution >= 4 is 0 Å². The highest BCUT2D eigenvalue weighted by molar-refractivity contribution is 5.16. The lowest BCUT2D eigenvalue weighted by molar-refractivity contribution is 0.383. The van der Waals surface area contributed by atoms with Crippen molar-refractivity contribution in [2.75, 3.05) is 6.67 Å². The summed E-state index contributed by atoms with van der Waals surface area (Å²) >= 11 is 0. The number of alkyl halides is 1. The number of benzene rings is 1. The summed E-state index contributed by atoms with van der Waals surface area (Å²) in [5.74, 6) is 0. The Labute approximate surface area is 87.5 Å². The van der Waals surface area contributed by atoms with Crippen LogP contribution in [0.1, 0.15) is 5.56 Å². The number of halogens is 1. The molecular weight excluding hydrogens is 195 g/mol. The summed E-state index contributed by atoms with van der Waals surface area (Å²) < 4.78 is 12.5. The van der Waals surface area contributed by atoms with Crippen LogP contribution in [0, 0.1) is 0 Å². The molecule has 1 rings (SSSR count). The molecule has 15 heavy (non-hydrogen) atoms. The lowest BCUT2D eigenvalue weighted by Crippen LogP contribution is -2.36. The van der Waals surface area contributed by atoms with Crippen LogP contribution in [-0.4, -0.2) is 18.8 Å². The fourth-order valence-electron chi connectivity index (χ4n) is 1.32. The normalized spacial score (nSPS) is 14.0. The van der Waals surface area contributed by atoms with Crippen molar-refractivity contribution in [3.63, 3.8) is 0 Å². The number of hydrogen-bond donors (Lipinski definition) is 1. The second-order valence-corrected chi connectivity index (χ2v) is 3.28. The van der Waals surface area contributed by atoms with Crippen molar-refractivity contribution in [1.82, 2.24) is 0 Å². The molecule has 0 aliphatic heterocycles. The number of hydrogen-bond acceptors (Lipinski definition) is 2. The number of azide groups is 1. The second-order valence-electron chi connectivity index (χ2n) is 3.28. The van der Waals surface area contributed by atoms with Crippen molar-refractivity contribution in [2.45, 2.75) is 18.5 Å². The van der Waals surface area contributed by atoms with Gasteiger partial charge in [-0.15, -0.1) is 0 Å². The Morgan fingerprint density at radius 3 is 2.60 bits per heavy atom. The highest BCUT2D eigenvalue weighted by Crippen LogP contribution is 2.07. The summed E-state index contributed by atoms with van der Waals surface area (Å²) in [7, 11) is 0. The molecule has 4 nitrogen and oxygen atoms in total. The summed E-state index contributed by atoms with van der Waals surface area (Å²) in [6, 6.07) is 8.23. The first-order valence-corrected chi connectivity index (χ1v) is 4.67.